The molecule has 0 radical (unpaired) electrons. The first kappa shape index (κ1) is 14.0. The van der Waals surface area contributed by atoms with Crippen molar-refractivity contribution < 1.29 is 14.3 Å². The van der Waals surface area contributed by atoms with E-state index < -0.39 is 0 Å². The highest BCUT2D eigenvalue weighted by Crippen LogP contribution is 2.30. The minimum absolute atomic E-state index is 0.0684. The number of nitrogens with one attached hydrogen (secondary N) is 1. The van der Waals surface area contributed by atoms with Gasteiger partial charge in [0, 0.05) is 12.1 Å². The van der Waals surface area contributed by atoms with Gasteiger partial charge in [-0.15, -0.1) is 11.6 Å². The third kappa shape index (κ3) is 3.53. The largest absolute Gasteiger partial charge is 0.486 e. The highest BCUT2D eigenvalue weighted by atomic mass is 35.5. The Hall–Kier alpha value is -1.42. The molecule has 1 N–H and O–H groups in total. The fraction of sp³-hybridized carbons (Fsp3) is 0.500. The lowest BCUT2D eigenvalue weighted by Gasteiger charge is -2.19. The van der Waals surface area contributed by atoms with E-state index in [9.17, 15) is 4.79 Å². The van der Waals surface area contributed by atoms with Gasteiger partial charge in [0.2, 0.25) is 0 Å². The van der Waals surface area contributed by atoms with Crippen LogP contribution in [0.4, 0.5) is 0 Å². The van der Waals surface area contributed by atoms with Crippen LogP contribution in [0.25, 0.3) is 0 Å². The first-order valence-corrected chi connectivity index (χ1v) is 6.83. The average molecular weight is 284 g/mol. The second-order valence-corrected chi connectivity index (χ2v) is 5.39. The maximum Gasteiger partial charge on any atom is 0.251 e. The molecule has 0 saturated carbocycles. The number of carbonyl (C=O) groups is 1. The Morgan fingerprint density at radius 1 is 1.32 bits per heavy atom. The van der Waals surface area contributed by atoms with Crippen molar-refractivity contribution in [2.75, 3.05) is 19.8 Å². The van der Waals surface area contributed by atoms with Crippen molar-refractivity contribution in [3.8, 4) is 11.5 Å². The average Bonchev–Trinajstić information content (AvgIpc) is 2.43. The Balaban J connectivity index is 1.99. The van der Waals surface area contributed by atoms with Gasteiger partial charge in [0.1, 0.15) is 13.2 Å². The Kier molecular flexibility index (Phi) is 4.53. The molecule has 1 heterocycles. The number of carbonyl (C=O) groups excluding carboxylic acids is 1. The smallest absolute Gasteiger partial charge is 0.251 e. The van der Waals surface area contributed by atoms with E-state index in [0.717, 1.165) is 0 Å². The zero-order valence-corrected chi connectivity index (χ0v) is 11.9. The summed E-state index contributed by atoms with van der Waals surface area (Å²) in [5, 5.41) is 2.75. The van der Waals surface area contributed by atoms with Crippen LogP contribution in [-0.2, 0) is 0 Å². The third-order valence-corrected chi connectivity index (χ3v) is 3.64. The van der Waals surface area contributed by atoms with Gasteiger partial charge in [0.25, 0.3) is 5.91 Å². The molecule has 2 rings (SSSR count). The molecule has 1 aliphatic rings. The number of fused-ring (bicyclic) bond motifs is 1. The van der Waals surface area contributed by atoms with E-state index in [0.29, 0.717) is 42.7 Å². The summed E-state index contributed by atoms with van der Waals surface area (Å²) in [7, 11) is 0. The Morgan fingerprint density at radius 3 is 2.68 bits per heavy atom. The van der Waals surface area contributed by atoms with Crippen LogP contribution in [0.15, 0.2) is 18.2 Å². The number of benzene rings is 1. The Morgan fingerprint density at radius 2 is 2.00 bits per heavy atom. The molecule has 0 saturated heterocycles. The monoisotopic (exact) mass is 283 g/mol. The van der Waals surface area contributed by atoms with E-state index in [1.54, 1.807) is 18.2 Å². The lowest BCUT2D eigenvalue weighted by Crippen LogP contribution is -2.32. The van der Waals surface area contributed by atoms with Crippen molar-refractivity contribution in [2.24, 2.45) is 5.92 Å². The van der Waals surface area contributed by atoms with E-state index in [2.05, 4.69) is 5.32 Å². The molecule has 0 aromatic heterocycles. The van der Waals surface area contributed by atoms with Crippen LogP contribution in [0.5, 0.6) is 11.5 Å². The summed E-state index contributed by atoms with van der Waals surface area (Å²) >= 11 is 6.10. The molecule has 1 aromatic carbocycles. The zero-order valence-electron chi connectivity index (χ0n) is 11.1. The first-order chi connectivity index (χ1) is 9.08. The molecule has 0 fully saturated rings. The molecule has 4 nitrogen and oxygen atoms in total. The van der Waals surface area contributed by atoms with Crippen molar-refractivity contribution in [2.45, 2.75) is 19.2 Å². The van der Waals surface area contributed by atoms with Crippen molar-refractivity contribution in [1.29, 1.82) is 0 Å². The molecule has 19 heavy (non-hydrogen) atoms. The molecule has 0 bridgehead atoms. The summed E-state index contributed by atoms with van der Waals surface area (Å²) in [5.41, 5.74) is 0.553. The molecule has 1 amide bonds. The third-order valence-electron chi connectivity index (χ3n) is 2.99. The standard InChI is InChI=1S/C14H18ClNO3/c1-9(2)11(15)8-16-14(17)10-3-4-12-13(7-10)19-6-5-18-12/h3-4,7,9,11H,5-6,8H2,1-2H3,(H,16,17). The topological polar surface area (TPSA) is 47.6 Å². The lowest BCUT2D eigenvalue weighted by atomic mass is 10.1. The zero-order chi connectivity index (χ0) is 13.8. The van der Waals surface area contributed by atoms with Crippen LogP contribution in [0, 0.1) is 5.92 Å². The van der Waals surface area contributed by atoms with Crippen LogP contribution < -0.4 is 14.8 Å². The summed E-state index contributed by atoms with van der Waals surface area (Å²) in [5.74, 6) is 1.47. The number of rotatable bonds is 4. The molecule has 5 heteroatoms. The normalized spacial score (nSPS) is 15.2. The highest BCUT2D eigenvalue weighted by molar-refractivity contribution is 6.21. The molecule has 1 atom stereocenters. The predicted octanol–water partition coefficient (Wildman–Crippen LogP) is 2.45. The molecule has 1 unspecified atom stereocenters. The van der Waals surface area contributed by atoms with Gasteiger partial charge in [-0.05, 0) is 24.1 Å². The van der Waals surface area contributed by atoms with Crippen molar-refractivity contribution >= 4 is 17.5 Å². The van der Waals surface area contributed by atoms with Gasteiger partial charge < -0.3 is 14.8 Å². The van der Waals surface area contributed by atoms with Crippen LogP contribution >= 0.6 is 11.6 Å². The number of hydrogen-bond acceptors (Lipinski definition) is 3. The maximum absolute atomic E-state index is 12.0. The molecular formula is C14H18ClNO3. The highest BCUT2D eigenvalue weighted by Gasteiger charge is 2.16. The Bertz CT molecular complexity index is 462. The maximum atomic E-state index is 12.0. The molecule has 0 aliphatic carbocycles. The predicted molar refractivity (Wildman–Crippen MR) is 74.2 cm³/mol. The fourth-order valence-corrected chi connectivity index (χ4v) is 1.79. The van der Waals surface area contributed by atoms with E-state index in [-0.39, 0.29) is 11.3 Å². The fourth-order valence-electron chi connectivity index (χ4n) is 1.71. The van der Waals surface area contributed by atoms with Gasteiger partial charge in [-0.3, -0.25) is 4.79 Å². The second kappa shape index (κ2) is 6.15. The van der Waals surface area contributed by atoms with E-state index >= 15 is 0 Å². The van der Waals surface area contributed by atoms with Gasteiger partial charge in [-0.2, -0.15) is 0 Å². The van der Waals surface area contributed by atoms with Crippen LogP contribution in [0.3, 0.4) is 0 Å². The van der Waals surface area contributed by atoms with Crippen molar-refractivity contribution in [1.82, 2.24) is 5.32 Å². The molecular weight excluding hydrogens is 266 g/mol. The Labute approximate surface area is 118 Å². The minimum atomic E-state index is -0.150. The van der Waals surface area contributed by atoms with Gasteiger partial charge >= 0.3 is 0 Å². The molecule has 1 aromatic rings. The lowest BCUT2D eigenvalue weighted by molar-refractivity contribution is 0.0951. The number of amides is 1. The summed E-state index contributed by atoms with van der Waals surface area (Å²) in [6.45, 7) is 5.55. The van der Waals surface area contributed by atoms with Crippen molar-refractivity contribution in [3.05, 3.63) is 23.8 Å². The number of halogens is 1. The van der Waals surface area contributed by atoms with E-state index in [4.69, 9.17) is 21.1 Å². The number of ether oxygens (including phenoxy) is 2. The SMILES string of the molecule is CC(C)C(Cl)CNC(=O)c1ccc2c(c1)OCCO2. The van der Waals surface area contributed by atoms with Crippen LogP contribution in [-0.4, -0.2) is 31.0 Å². The van der Waals surface area contributed by atoms with E-state index in [1.807, 2.05) is 13.8 Å². The quantitative estimate of drug-likeness (QED) is 0.864. The number of hydrogen-bond donors (Lipinski definition) is 1. The molecule has 104 valence electrons. The van der Waals surface area contributed by atoms with Gasteiger partial charge in [0.15, 0.2) is 11.5 Å². The van der Waals surface area contributed by atoms with Gasteiger partial charge in [0.05, 0.1) is 5.38 Å². The van der Waals surface area contributed by atoms with Crippen LogP contribution in [0.1, 0.15) is 24.2 Å². The second-order valence-electron chi connectivity index (χ2n) is 4.83. The summed E-state index contributed by atoms with van der Waals surface area (Å²) in [4.78, 5) is 12.0. The summed E-state index contributed by atoms with van der Waals surface area (Å²) in [6.07, 6.45) is 0. The van der Waals surface area contributed by atoms with Crippen LogP contribution in [0.2, 0.25) is 0 Å². The minimum Gasteiger partial charge on any atom is -0.486 e. The first-order valence-electron chi connectivity index (χ1n) is 6.40. The van der Waals surface area contributed by atoms with Crippen molar-refractivity contribution in [3.63, 3.8) is 0 Å². The van der Waals surface area contributed by atoms with E-state index in [1.165, 1.54) is 0 Å². The van der Waals surface area contributed by atoms with Gasteiger partial charge in [-0.25, -0.2) is 0 Å². The molecule has 0 spiro atoms. The summed E-state index contributed by atoms with van der Waals surface area (Å²) < 4.78 is 10.9. The molecule has 1 aliphatic heterocycles. The summed E-state index contributed by atoms with van der Waals surface area (Å²) in [6, 6.07) is 5.17. The van der Waals surface area contributed by atoms with Gasteiger partial charge in [-0.1, -0.05) is 13.8 Å². The number of alkyl halides is 1.